The summed E-state index contributed by atoms with van der Waals surface area (Å²) in [6.45, 7) is 2.41. The second-order valence-electron chi connectivity index (χ2n) is 25.1. The van der Waals surface area contributed by atoms with Crippen molar-refractivity contribution in [2.45, 2.75) is 12.6 Å². The van der Waals surface area contributed by atoms with Crippen LogP contribution in [0.4, 0.5) is 68.2 Å². The molecule has 0 saturated carbocycles. The smallest absolute Gasteiger partial charge is 0.699 e. The predicted octanol–water partition coefficient (Wildman–Crippen LogP) is 25.5. The number of rotatable bonds is 40. The molecule has 0 aliphatic heterocycles. The van der Waals surface area contributed by atoms with Gasteiger partial charge in [0.15, 0.2) is 12.6 Å². The first-order valence-corrected chi connectivity index (χ1v) is 39.0. The van der Waals surface area contributed by atoms with Crippen LogP contribution < -0.4 is 56.8 Å². The van der Waals surface area contributed by atoms with E-state index < -0.39 is 12.6 Å². The summed E-state index contributed by atoms with van der Waals surface area (Å²) in [6.07, 6.45) is 5.33. The normalized spacial score (nSPS) is 9.83. The molecule has 4 radical (unpaired) electrons. The molecule has 0 unspecified atom stereocenters. The second kappa shape index (κ2) is 69.7. The minimum absolute atomic E-state index is 0. The van der Waals surface area contributed by atoms with E-state index in [2.05, 4.69) is 63.8 Å². The second-order valence-corrected chi connectivity index (χ2v) is 25.1. The summed E-state index contributed by atoms with van der Waals surface area (Å²) in [5.74, 6) is 9.90. The quantitative estimate of drug-likeness (QED) is 0.0157. The standard InChI is InChI=1S/6C15H16N2O2.C8H12O4.4Mo/c6*1-18-14-7-3-12(4-8-14)16-11-17-13-5-9-15(19-2)10-6-13;9-7(10)5-3-1-2-4-6-8(11)12;;;;/h6*3-10H,11H2,1-2H3;1-12H;;;;/q6*-2;;4*+3. The number of hydrogen-bond acceptors (Lipinski definition) is 16. The summed E-state index contributed by atoms with van der Waals surface area (Å²) in [6, 6.07) is 90.9. The molecule has 28 nitrogen and oxygen atoms in total. The summed E-state index contributed by atoms with van der Waals surface area (Å²) >= 11 is 0. The molecule has 12 aromatic rings. The van der Waals surface area contributed by atoms with E-state index in [0.717, 1.165) is 137 Å². The maximum atomic E-state index is 8.33. The topological polar surface area (TPSA) is 361 Å². The van der Waals surface area contributed by atoms with Gasteiger partial charge in [-0.2, -0.15) is 0 Å². The van der Waals surface area contributed by atoms with Crippen molar-refractivity contribution in [1.29, 1.82) is 0 Å². The van der Waals surface area contributed by atoms with Crippen molar-refractivity contribution in [3.8, 4) is 69.0 Å². The first-order valence-electron chi connectivity index (χ1n) is 39.0. The van der Waals surface area contributed by atoms with E-state index in [1.165, 1.54) is 36.5 Å². The number of allylic oxidation sites excluding steroid dienone is 4. The number of aliphatic hydroxyl groups is 4. The number of hydrogen-bond donors (Lipinski definition) is 4. The van der Waals surface area contributed by atoms with Gasteiger partial charge in [0.1, 0.15) is 69.0 Å². The van der Waals surface area contributed by atoms with E-state index in [4.69, 9.17) is 77.3 Å². The molecule has 0 fully saturated rings. The third-order valence-electron chi connectivity index (χ3n) is 16.8. The van der Waals surface area contributed by atoms with Gasteiger partial charge in [0, 0.05) is 0 Å². The minimum Gasteiger partial charge on any atom is -0.699 e. The Kier molecular flexibility index (Phi) is 60.9. The fourth-order valence-electron chi connectivity index (χ4n) is 9.90. The van der Waals surface area contributed by atoms with Gasteiger partial charge in [-0.1, -0.05) is 170 Å². The Hall–Kier alpha value is -12.3. The van der Waals surface area contributed by atoms with Crippen molar-refractivity contribution in [3.05, 3.63) is 391 Å². The Morgan fingerprint density at radius 3 is 0.315 bits per heavy atom. The van der Waals surface area contributed by atoms with Crippen LogP contribution in [0.1, 0.15) is 0 Å². The van der Waals surface area contributed by atoms with E-state index in [9.17, 15) is 0 Å². The molecule has 0 saturated heterocycles. The fourth-order valence-corrected chi connectivity index (χ4v) is 9.90. The van der Waals surface area contributed by atoms with E-state index in [-0.39, 0.29) is 84.3 Å². The number of methoxy groups -OCH3 is 12. The maximum absolute atomic E-state index is 8.33. The van der Waals surface area contributed by atoms with Crippen molar-refractivity contribution in [2.24, 2.45) is 0 Å². The molecule has 12 rings (SSSR count). The van der Waals surface area contributed by atoms with Crippen LogP contribution in [0.2, 0.25) is 0 Å². The molecule has 0 aliphatic carbocycles. The average molecular weight is 2090 g/mol. The fraction of sp³-hybridized carbons (Fsp3) is 0.204. The molecule has 130 heavy (non-hydrogen) atoms. The summed E-state index contributed by atoms with van der Waals surface area (Å²) in [4.78, 5) is 0. The summed E-state index contributed by atoms with van der Waals surface area (Å²) < 4.78 is 61.1. The zero-order chi connectivity index (χ0) is 90.4. The maximum Gasteiger partial charge on any atom is 3.00 e. The Balaban J connectivity index is 0.000000513. The van der Waals surface area contributed by atoms with Gasteiger partial charge in [-0.3, -0.25) is 0 Å². The molecule has 0 spiro atoms. The minimum atomic E-state index is -1.46. The summed E-state index contributed by atoms with van der Waals surface area (Å²) in [7, 11) is 19.7. The third-order valence-corrected chi connectivity index (χ3v) is 16.8. The van der Waals surface area contributed by atoms with Crippen molar-refractivity contribution >= 4 is 68.2 Å². The summed E-state index contributed by atoms with van der Waals surface area (Å²) in [5, 5.41) is 85.7. The van der Waals surface area contributed by atoms with Gasteiger partial charge in [-0.25, -0.2) is 40.0 Å². The first kappa shape index (κ1) is 114. The van der Waals surface area contributed by atoms with E-state index in [1.54, 1.807) is 85.3 Å². The predicted molar refractivity (Wildman–Crippen MR) is 505 cm³/mol. The number of nitrogens with zero attached hydrogens (tertiary/aromatic N) is 12. The van der Waals surface area contributed by atoms with Gasteiger partial charge < -0.3 is 141 Å². The number of aliphatic hydroxyl groups excluding tert-OH is 2. The van der Waals surface area contributed by atoms with Crippen LogP contribution in [0.25, 0.3) is 63.8 Å². The molecule has 0 aliphatic rings. The molecule has 32 heteroatoms. The number of benzene rings is 12. The largest absolute Gasteiger partial charge is 3.00 e. The Morgan fingerprint density at radius 2 is 0.246 bits per heavy atom. The third kappa shape index (κ3) is 48.7. The van der Waals surface area contributed by atoms with Crippen LogP contribution in [0.15, 0.2) is 328 Å². The van der Waals surface area contributed by atoms with Crippen molar-refractivity contribution < 1.29 is 162 Å². The molecular formula is C98H108Mo4N12O16. The average Bonchev–Trinajstić information content (AvgIpc) is 0.908. The van der Waals surface area contributed by atoms with E-state index >= 15 is 0 Å². The van der Waals surface area contributed by atoms with Crippen LogP contribution in [0.5, 0.6) is 69.0 Å². The molecule has 0 aromatic heterocycles. The van der Waals surface area contributed by atoms with Crippen LogP contribution in [-0.2, 0) is 84.3 Å². The van der Waals surface area contributed by atoms with Gasteiger partial charge >= 0.3 is 84.3 Å². The van der Waals surface area contributed by atoms with Crippen LogP contribution in [0, 0.1) is 0 Å². The van der Waals surface area contributed by atoms with Crippen LogP contribution in [0.3, 0.4) is 0 Å². The number of ether oxygens (including phenoxy) is 12. The summed E-state index contributed by atoms with van der Waals surface area (Å²) in [5.41, 5.74) is 10.6. The van der Waals surface area contributed by atoms with Gasteiger partial charge in [-0.05, 0) is 158 Å². The molecule has 0 atom stereocenters. The molecule has 4 N–H and O–H groups in total. The van der Waals surface area contributed by atoms with Crippen molar-refractivity contribution in [3.63, 3.8) is 0 Å². The van der Waals surface area contributed by atoms with Crippen LogP contribution in [-0.4, -0.2) is 158 Å². The molecular weight excluding hydrogens is 1980 g/mol. The first-order chi connectivity index (χ1) is 61.5. The Labute approximate surface area is 821 Å². The zero-order valence-corrected chi connectivity index (χ0v) is 82.3. The van der Waals surface area contributed by atoms with Crippen molar-refractivity contribution in [1.82, 2.24) is 0 Å². The molecule has 680 valence electrons. The van der Waals surface area contributed by atoms with Crippen LogP contribution >= 0.6 is 0 Å². The Bertz CT molecular complexity index is 3850. The molecule has 0 amide bonds. The zero-order valence-electron chi connectivity index (χ0n) is 74.3. The SMILES string of the molecule is COc1ccc([N-]C[N-]c2ccc(OC)cc2)cc1.COc1ccc([N-]C[N-]c2ccc(OC)cc2)cc1.COc1ccc([N-]C[N-]c2ccc(OC)cc2)cc1.COc1ccc([N-]C[N-]c2ccc(OC)cc2)cc1.COc1ccc([N-]C[N-]c2ccc(OC)cc2)cc1.COc1ccc([N-]C[N-]c2ccc(OC)cc2)cc1.OC(O)C=CC=CC=CC(O)O.[Mo+3].[Mo+3].[Mo+3].[Mo+3]. The van der Waals surface area contributed by atoms with Gasteiger partial charge in [0.25, 0.3) is 0 Å². The molecule has 0 bridgehead atoms. The van der Waals surface area contributed by atoms with E-state index in [1.807, 2.05) is 291 Å². The monoisotopic (exact) mass is 2100 g/mol. The van der Waals surface area contributed by atoms with Gasteiger partial charge in [0.2, 0.25) is 0 Å². The Morgan fingerprint density at radius 1 is 0.162 bits per heavy atom. The van der Waals surface area contributed by atoms with E-state index in [0.29, 0.717) is 40.0 Å². The molecule has 0 heterocycles. The van der Waals surface area contributed by atoms with Gasteiger partial charge in [0.05, 0.1) is 85.3 Å². The van der Waals surface area contributed by atoms with Gasteiger partial charge in [-0.15, -0.1) is 68.2 Å². The molecule has 12 aromatic carbocycles. The van der Waals surface area contributed by atoms with Crippen molar-refractivity contribution in [2.75, 3.05) is 125 Å².